The topological polar surface area (TPSA) is 63.3 Å². The van der Waals surface area contributed by atoms with Crippen molar-refractivity contribution in [3.8, 4) is 0 Å². The lowest BCUT2D eigenvalue weighted by Crippen LogP contribution is -2.06. The van der Waals surface area contributed by atoms with Crippen molar-refractivity contribution in [1.82, 2.24) is 0 Å². The second-order valence-corrected chi connectivity index (χ2v) is 2.20. The Kier molecular flexibility index (Phi) is 2.40. The van der Waals surface area contributed by atoms with Gasteiger partial charge in [0.05, 0.1) is 0 Å². The monoisotopic (exact) mass is 168 g/mol. The fourth-order valence-electron chi connectivity index (χ4n) is 0.836. The molecule has 1 radical (unpaired) electrons. The summed E-state index contributed by atoms with van der Waals surface area (Å²) in [4.78, 5) is 10.4. The number of halogens is 1. The fourth-order valence-corrected chi connectivity index (χ4v) is 0.836. The smallest absolute Gasteiger partial charge is 0.339 e. The number of carboxylic acids is 1. The van der Waals surface area contributed by atoms with Gasteiger partial charge in [-0.15, -0.1) is 0 Å². The number of hydrogen-bond donors (Lipinski definition) is 2. The summed E-state index contributed by atoms with van der Waals surface area (Å²) < 4.78 is 13.0. The molecule has 0 aromatic heterocycles. The maximum Gasteiger partial charge on any atom is 0.339 e. The van der Waals surface area contributed by atoms with Crippen molar-refractivity contribution in [3.05, 3.63) is 35.1 Å². The summed E-state index contributed by atoms with van der Waals surface area (Å²) in [5.41, 5.74) is 4.90. The van der Waals surface area contributed by atoms with Crippen LogP contribution < -0.4 is 5.73 Å². The van der Waals surface area contributed by atoms with Crippen LogP contribution >= 0.6 is 0 Å². The van der Waals surface area contributed by atoms with Gasteiger partial charge in [0.2, 0.25) is 0 Å². The van der Waals surface area contributed by atoms with Crippen LogP contribution in [0, 0.1) is 11.9 Å². The quantitative estimate of drug-likeness (QED) is 0.685. The Morgan fingerprint density at radius 3 is 2.92 bits per heavy atom. The van der Waals surface area contributed by atoms with E-state index in [1.165, 1.54) is 12.1 Å². The van der Waals surface area contributed by atoms with Crippen molar-refractivity contribution in [2.45, 2.75) is 6.54 Å². The largest absolute Gasteiger partial charge is 0.478 e. The summed E-state index contributed by atoms with van der Waals surface area (Å²) in [6.07, 6.45) is 0. The number of carboxylic acid groups (broad SMARTS) is 1. The van der Waals surface area contributed by atoms with Gasteiger partial charge in [-0.25, -0.2) is 9.18 Å². The van der Waals surface area contributed by atoms with E-state index >= 15 is 0 Å². The molecule has 1 aromatic rings. The van der Waals surface area contributed by atoms with Crippen LogP contribution in [-0.2, 0) is 6.54 Å². The molecule has 0 saturated heterocycles. The standard InChI is InChI=1S/C8H7FNO2/c9-7-5(4-10)2-1-3-6(7)8(11)12/h1-2H,4,10H2,(H,11,12). The van der Waals surface area contributed by atoms with Gasteiger partial charge >= 0.3 is 5.97 Å². The molecule has 0 atom stereocenters. The van der Waals surface area contributed by atoms with Gasteiger partial charge in [0, 0.05) is 18.2 Å². The molecule has 0 aliphatic carbocycles. The molecule has 1 rings (SSSR count). The molecule has 1 aromatic carbocycles. The molecule has 0 unspecified atom stereocenters. The number of rotatable bonds is 2. The summed E-state index contributed by atoms with van der Waals surface area (Å²) in [6, 6.07) is 5.03. The zero-order valence-electron chi connectivity index (χ0n) is 6.17. The molecule has 63 valence electrons. The highest BCUT2D eigenvalue weighted by Crippen LogP contribution is 2.11. The summed E-state index contributed by atoms with van der Waals surface area (Å²) in [5, 5.41) is 8.47. The van der Waals surface area contributed by atoms with E-state index in [1.807, 2.05) is 0 Å². The molecule has 0 bridgehead atoms. The minimum Gasteiger partial charge on any atom is -0.478 e. The number of carbonyl (C=O) groups is 1. The highest BCUT2D eigenvalue weighted by atomic mass is 19.1. The summed E-state index contributed by atoms with van der Waals surface area (Å²) in [7, 11) is 0. The Labute approximate surface area is 68.6 Å². The van der Waals surface area contributed by atoms with Gasteiger partial charge in [-0.05, 0) is 0 Å². The minimum atomic E-state index is -1.33. The van der Waals surface area contributed by atoms with Gasteiger partial charge in [-0.2, -0.15) is 0 Å². The molecule has 0 heterocycles. The zero-order chi connectivity index (χ0) is 9.14. The number of benzene rings is 1. The molecule has 0 fully saturated rings. The Balaban J connectivity index is 3.23. The first-order valence-corrected chi connectivity index (χ1v) is 3.29. The van der Waals surface area contributed by atoms with Crippen LogP contribution in [0.4, 0.5) is 4.39 Å². The first kappa shape index (κ1) is 8.67. The molecule has 0 spiro atoms. The third-order valence-corrected chi connectivity index (χ3v) is 1.45. The van der Waals surface area contributed by atoms with Crippen LogP contribution in [0.25, 0.3) is 0 Å². The Morgan fingerprint density at radius 2 is 2.42 bits per heavy atom. The van der Waals surface area contributed by atoms with Crippen LogP contribution in [0.5, 0.6) is 0 Å². The molecule has 4 heteroatoms. The van der Waals surface area contributed by atoms with Crippen molar-refractivity contribution in [2.75, 3.05) is 0 Å². The van der Waals surface area contributed by atoms with E-state index in [0.29, 0.717) is 0 Å². The molecular weight excluding hydrogens is 161 g/mol. The van der Waals surface area contributed by atoms with Gasteiger partial charge in [0.1, 0.15) is 11.4 Å². The molecular formula is C8H7FNO2. The average Bonchev–Trinajstić information content (AvgIpc) is 2.04. The molecule has 0 amide bonds. The van der Waals surface area contributed by atoms with Crippen LogP contribution in [0.3, 0.4) is 0 Å². The van der Waals surface area contributed by atoms with E-state index in [4.69, 9.17) is 10.8 Å². The van der Waals surface area contributed by atoms with Crippen molar-refractivity contribution in [1.29, 1.82) is 0 Å². The Bertz CT molecular complexity index is 312. The predicted octanol–water partition coefficient (Wildman–Crippen LogP) is 0.783. The van der Waals surface area contributed by atoms with Crippen LogP contribution in [-0.4, -0.2) is 11.1 Å². The van der Waals surface area contributed by atoms with E-state index in [2.05, 4.69) is 6.07 Å². The molecule has 3 nitrogen and oxygen atoms in total. The number of nitrogens with two attached hydrogens (primary N) is 1. The van der Waals surface area contributed by atoms with Gasteiger partial charge < -0.3 is 10.8 Å². The number of hydrogen-bond acceptors (Lipinski definition) is 2. The summed E-state index contributed by atoms with van der Waals surface area (Å²) in [6.45, 7) is -0.0131. The lowest BCUT2D eigenvalue weighted by molar-refractivity contribution is 0.0691. The lowest BCUT2D eigenvalue weighted by atomic mass is 10.1. The van der Waals surface area contributed by atoms with E-state index in [-0.39, 0.29) is 12.1 Å². The van der Waals surface area contributed by atoms with Gasteiger partial charge in [0.25, 0.3) is 0 Å². The Morgan fingerprint density at radius 1 is 1.75 bits per heavy atom. The zero-order valence-corrected chi connectivity index (χ0v) is 6.17. The SMILES string of the molecule is NCc1cc[c]c(C(=O)O)c1F. The highest BCUT2D eigenvalue weighted by molar-refractivity contribution is 5.87. The Hall–Kier alpha value is -1.42. The van der Waals surface area contributed by atoms with Crippen molar-refractivity contribution >= 4 is 5.97 Å². The molecule has 0 aliphatic rings. The van der Waals surface area contributed by atoms with E-state index in [0.717, 1.165) is 0 Å². The van der Waals surface area contributed by atoms with E-state index in [1.54, 1.807) is 0 Å². The lowest BCUT2D eigenvalue weighted by Gasteiger charge is -2.00. The first-order chi connectivity index (χ1) is 5.66. The highest BCUT2D eigenvalue weighted by Gasteiger charge is 2.12. The number of aromatic carboxylic acids is 1. The minimum absolute atomic E-state index is 0.0131. The normalized spacial score (nSPS) is 9.83. The maximum atomic E-state index is 13.0. The van der Waals surface area contributed by atoms with Crippen molar-refractivity contribution in [2.24, 2.45) is 5.73 Å². The second-order valence-electron chi connectivity index (χ2n) is 2.20. The summed E-state index contributed by atoms with van der Waals surface area (Å²) >= 11 is 0. The van der Waals surface area contributed by atoms with E-state index < -0.39 is 17.3 Å². The van der Waals surface area contributed by atoms with Gasteiger partial charge in [-0.1, -0.05) is 12.1 Å². The van der Waals surface area contributed by atoms with Crippen molar-refractivity contribution in [3.63, 3.8) is 0 Å². The molecule has 3 N–H and O–H groups in total. The molecule has 0 saturated carbocycles. The molecule has 0 aliphatic heterocycles. The van der Waals surface area contributed by atoms with Crippen LogP contribution in [0.15, 0.2) is 12.1 Å². The van der Waals surface area contributed by atoms with E-state index in [9.17, 15) is 9.18 Å². The second kappa shape index (κ2) is 3.32. The summed E-state index contributed by atoms with van der Waals surface area (Å²) in [5.74, 6) is -2.13. The molecule has 12 heavy (non-hydrogen) atoms. The van der Waals surface area contributed by atoms with Gasteiger partial charge in [0.15, 0.2) is 0 Å². The van der Waals surface area contributed by atoms with Crippen LogP contribution in [0.1, 0.15) is 15.9 Å². The van der Waals surface area contributed by atoms with Crippen molar-refractivity contribution < 1.29 is 14.3 Å². The third kappa shape index (κ3) is 1.43. The fraction of sp³-hybridized carbons (Fsp3) is 0.125. The maximum absolute atomic E-state index is 13.0. The first-order valence-electron chi connectivity index (χ1n) is 3.29. The van der Waals surface area contributed by atoms with Crippen LogP contribution in [0.2, 0.25) is 0 Å². The average molecular weight is 168 g/mol. The van der Waals surface area contributed by atoms with Gasteiger partial charge in [-0.3, -0.25) is 0 Å². The predicted molar refractivity (Wildman–Crippen MR) is 40.1 cm³/mol. The third-order valence-electron chi connectivity index (χ3n) is 1.45.